The van der Waals surface area contributed by atoms with Gasteiger partial charge in [0.1, 0.15) is 5.82 Å². The minimum atomic E-state index is -0.118. The largest absolute Gasteiger partial charge is 0.310 e. The molecule has 0 aliphatic carbocycles. The highest BCUT2D eigenvalue weighted by molar-refractivity contribution is 5.37. The summed E-state index contributed by atoms with van der Waals surface area (Å²) in [4.78, 5) is 0. The van der Waals surface area contributed by atoms with Crippen molar-refractivity contribution in [1.29, 1.82) is 0 Å². The van der Waals surface area contributed by atoms with Crippen molar-refractivity contribution >= 4 is 0 Å². The van der Waals surface area contributed by atoms with E-state index in [-0.39, 0.29) is 5.82 Å². The van der Waals surface area contributed by atoms with Crippen molar-refractivity contribution in [2.24, 2.45) is 0 Å². The van der Waals surface area contributed by atoms with E-state index in [2.05, 4.69) is 12.2 Å². The van der Waals surface area contributed by atoms with Gasteiger partial charge < -0.3 is 5.32 Å². The van der Waals surface area contributed by atoms with Gasteiger partial charge in [0, 0.05) is 12.6 Å². The van der Waals surface area contributed by atoms with Crippen LogP contribution >= 0.6 is 0 Å². The number of nitrogens with one attached hydrogen (secondary N) is 1. The first-order chi connectivity index (χ1) is 6.16. The summed E-state index contributed by atoms with van der Waals surface area (Å²) in [5.41, 5.74) is 3.53. The SMILES string of the molecule is Cc1cc(F)cc2c1CC(C)NC2. The Morgan fingerprint density at radius 1 is 1.46 bits per heavy atom. The van der Waals surface area contributed by atoms with E-state index in [0.29, 0.717) is 6.04 Å². The monoisotopic (exact) mass is 179 g/mol. The average Bonchev–Trinajstić information content (AvgIpc) is 2.06. The number of hydrogen-bond acceptors (Lipinski definition) is 1. The van der Waals surface area contributed by atoms with Crippen LogP contribution in [0.1, 0.15) is 23.6 Å². The Morgan fingerprint density at radius 2 is 2.23 bits per heavy atom. The van der Waals surface area contributed by atoms with Gasteiger partial charge in [0.05, 0.1) is 0 Å². The third-order valence-corrected chi connectivity index (χ3v) is 2.68. The van der Waals surface area contributed by atoms with Gasteiger partial charge in [0.2, 0.25) is 0 Å². The molecule has 1 aromatic carbocycles. The molecular weight excluding hydrogens is 165 g/mol. The molecule has 0 saturated carbocycles. The predicted molar refractivity (Wildman–Crippen MR) is 51.1 cm³/mol. The molecule has 70 valence electrons. The Labute approximate surface area is 78.0 Å². The van der Waals surface area contributed by atoms with Crippen LogP contribution in [0.5, 0.6) is 0 Å². The molecule has 2 rings (SSSR count). The molecule has 1 nitrogen and oxygen atoms in total. The van der Waals surface area contributed by atoms with E-state index in [4.69, 9.17) is 0 Å². The van der Waals surface area contributed by atoms with Crippen LogP contribution in [0.3, 0.4) is 0 Å². The molecule has 0 amide bonds. The van der Waals surface area contributed by atoms with E-state index < -0.39 is 0 Å². The van der Waals surface area contributed by atoms with Crippen molar-refractivity contribution in [2.75, 3.05) is 0 Å². The van der Waals surface area contributed by atoms with Gasteiger partial charge in [0.25, 0.3) is 0 Å². The summed E-state index contributed by atoms with van der Waals surface area (Å²) in [5, 5.41) is 3.33. The smallest absolute Gasteiger partial charge is 0.123 e. The Balaban J connectivity index is 2.47. The van der Waals surface area contributed by atoms with Gasteiger partial charge in [-0.05, 0) is 49.1 Å². The summed E-state index contributed by atoms with van der Waals surface area (Å²) in [6, 6.07) is 3.77. The highest BCUT2D eigenvalue weighted by Crippen LogP contribution is 2.21. The Morgan fingerprint density at radius 3 is 3.00 bits per heavy atom. The van der Waals surface area contributed by atoms with Crippen LogP contribution in [0.15, 0.2) is 12.1 Å². The molecule has 0 fully saturated rings. The van der Waals surface area contributed by atoms with Gasteiger partial charge >= 0.3 is 0 Å². The zero-order valence-corrected chi connectivity index (χ0v) is 8.02. The molecule has 13 heavy (non-hydrogen) atoms. The number of aryl methyl sites for hydroxylation is 1. The van der Waals surface area contributed by atoms with Crippen LogP contribution in [0, 0.1) is 12.7 Å². The van der Waals surface area contributed by atoms with Crippen molar-refractivity contribution in [2.45, 2.75) is 32.9 Å². The summed E-state index contributed by atoms with van der Waals surface area (Å²) < 4.78 is 13.0. The summed E-state index contributed by atoms with van der Waals surface area (Å²) in [5.74, 6) is -0.118. The topological polar surface area (TPSA) is 12.0 Å². The van der Waals surface area contributed by atoms with E-state index in [1.165, 1.54) is 5.56 Å². The van der Waals surface area contributed by atoms with Crippen molar-refractivity contribution in [3.8, 4) is 0 Å². The van der Waals surface area contributed by atoms with Crippen LogP contribution in [0.25, 0.3) is 0 Å². The molecule has 1 heterocycles. The third-order valence-electron chi connectivity index (χ3n) is 2.68. The fourth-order valence-electron chi connectivity index (χ4n) is 1.95. The lowest BCUT2D eigenvalue weighted by Gasteiger charge is -2.24. The van der Waals surface area contributed by atoms with Gasteiger partial charge in [-0.3, -0.25) is 0 Å². The first-order valence-electron chi connectivity index (χ1n) is 4.68. The lowest BCUT2D eigenvalue weighted by molar-refractivity contribution is 0.507. The van der Waals surface area contributed by atoms with Crippen LogP contribution < -0.4 is 5.32 Å². The molecule has 1 unspecified atom stereocenters. The number of hydrogen-bond donors (Lipinski definition) is 1. The molecule has 0 aromatic heterocycles. The van der Waals surface area contributed by atoms with Gasteiger partial charge in [-0.15, -0.1) is 0 Å². The summed E-state index contributed by atoms with van der Waals surface area (Å²) in [6.45, 7) is 4.95. The van der Waals surface area contributed by atoms with Crippen LogP contribution in [0.4, 0.5) is 4.39 Å². The zero-order valence-electron chi connectivity index (χ0n) is 8.02. The van der Waals surface area contributed by atoms with Crippen molar-refractivity contribution in [1.82, 2.24) is 5.32 Å². The molecule has 0 spiro atoms. The van der Waals surface area contributed by atoms with Gasteiger partial charge in [-0.25, -0.2) is 4.39 Å². The van der Waals surface area contributed by atoms with E-state index in [1.807, 2.05) is 6.92 Å². The number of fused-ring (bicyclic) bond motifs is 1. The molecule has 0 saturated heterocycles. The molecule has 1 aliphatic rings. The van der Waals surface area contributed by atoms with Crippen molar-refractivity contribution < 1.29 is 4.39 Å². The minimum absolute atomic E-state index is 0.118. The van der Waals surface area contributed by atoms with Crippen molar-refractivity contribution in [3.63, 3.8) is 0 Å². The fourth-order valence-corrected chi connectivity index (χ4v) is 1.95. The van der Waals surface area contributed by atoms with Crippen LogP contribution in [-0.4, -0.2) is 6.04 Å². The van der Waals surface area contributed by atoms with Crippen LogP contribution in [-0.2, 0) is 13.0 Å². The first kappa shape index (κ1) is 8.70. The van der Waals surface area contributed by atoms with E-state index >= 15 is 0 Å². The Bertz CT molecular complexity index is 333. The van der Waals surface area contributed by atoms with Gasteiger partial charge in [0.15, 0.2) is 0 Å². The second kappa shape index (κ2) is 3.11. The Hall–Kier alpha value is -0.890. The maximum absolute atomic E-state index is 13.0. The highest BCUT2D eigenvalue weighted by atomic mass is 19.1. The van der Waals surface area contributed by atoms with Crippen LogP contribution in [0.2, 0.25) is 0 Å². The van der Waals surface area contributed by atoms with E-state index in [0.717, 1.165) is 24.1 Å². The van der Waals surface area contributed by atoms with Crippen molar-refractivity contribution in [3.05, 3.63) is 34.6 Å². The van der Waals surface area contributed by atoms with E-state index in [9.17, 15) is 4.39 Å². The molecular formula is C11H14FN. The molecule has 1 aromatic rings. The summed E-state index contributed by atoms with van der Waals surface area (Å²) in [6.07, 6.45) is 1.02. The number of rotatable bonds is 0. The second-order valence-corrected chi connectivity index (χ2v) is 3.85. The number of benzene rings is 1. The second-order valence-electron chi connectivity index (χ2n) is 3.85. The molecule has 1 N–H and O–H groups in total. The molecule has 0 bridgehead atoms. The molecule has 0 radical (unpaired) electrons. The quantitative estimate of drug-likeness (QED) is 0.643. The Kier molecular flexibility index (Phi) is 2.08. The maximum Gasteiger partial charge on any atom is 0.123 e. The third kappa shape index (κ3) is 1.59. The lowest BCUT2D eigenvalue weighted by atomic mass is 9.92. The predicted octanol–water partition coefficient (Wildman–Crippen LogP) is 2.17. The molecule has 2 heteroatoms. The van der Waals surface area contributed by atoms with E-state index in [1.54, 1.807) is 12.1 Å². The first-order valence-corrected chi connectivity index (χ1v) is 4.68. The number of halogens is 1. The van der Waals surface area contributed by atoms with Gasteiger partial charge in [-0.2, -0.15) is 0 Å². The lowest BCUT2D eigenvalue weighted by Crippen LogP contribution is -2.33. The summed E-state index contributed by atoms with van der Waals surface area (Å²) >= 11 is 0. The van der Waals surface area contributed by atoms with Gasteiger partial charge in [-0.1, -0.05) is 0 Å². The average molecular weight is 179 g/mol. The minimum Gasteiger partial charge on any atom is -0.310 e. The normalized spacial score (nSPS) is 21.3. The standard InChI is InChI=1S/C11H14FN/c1-7-3-10(12)5-9-6-13-8(2)4-11(7)9/h3,5,8,13H,4,6H2,1-2H3. The molecule has 1 atom stereocenters. The molecule has 1 aliphatic heterocycles. The highest BCUT2D eigenvalue weighted by Gasteiger charge is 2.16. The summed E-state index contributed by atoms with van der Waals surface area (Å²) in [7, 11) is 0. The zero-order chi connectivity index (χ0) is 9.42. The maximum atomic E-state index is 13.0. The fraction of sp³-hybridized carbons (Fsp3) is 0.455.